The third-order valence-corrected chi connectivity index (χ3v) is 2.40. The zero-order chi connectivity index (χ0) is 12.3. The zero-order valence-electron chi connectivity index (χ0n) is 9.62. The van der Waals surface area contributed by atoms with Crippen molar-refractivity contribution in [2.45, 2.75) is 33.3 Å². The summed E-state index contributed by atoms with van der Waals surface area (Å²) in [6, 6.07) is 1.94. The van der Waals surface area contributed by atoms with E-state index >= 15 is 0 Å². The molecule has 1 aromatic rings. The van der Waals surface area contributed by atoms with Crippen LogP contribution < -0.4 is 5.32 Å². The minimum absolute atomic E-state index is 0.330. The van der Waals surface area contributed by atoms with Crippen LogP contribution in [0.1, 0.15) is 31.3 Å². The highest BCUT2D eigenvalue weighted by Crippen LogP contribution is 2.21. The molecule has 0 aliphatic heterocycles. The molecule has 1 amide bonds. The number of nitrogens with zero attached hydrogens (tertiary/aromatic N) is 2. The van der Waals surface area contributed by atoms with Gasteiger partial charge in [0.1, 0.15) is 11.7 Å². The zero-order valence-corrected chi connectivity index (χ0v) is 10.4. The molecule has 0 saturated heterocycles. The Morgan fingerprint density at radius 2 is 2.19 bits per heavy atom. The third-order valence-electron chi connectivity index (χ3n) is 1.51. The Morgan fingerprint density at radius 3 is 2.62 bits per heavy atom. The minimum Gasteiger partial charge on any atom is -0.444 e. The minimum atomic E-state index is -0.564. The lowest BCUT2D eigenvalue weighted by atomic mass is 10.2. The van der Waals surface area contributed by atoms with Crippen LogP contribution >= 0.6 is 11.3 Å². The van der Waals surface area contributed by atoms with Crippen LogP contribution in [0.15, 0.2) is 0 Å². The SMILES string of the molecule is Cc1sc(NC(=O)OC(C)(C)C)nc1C#N. The van der Waals surface area contributed by atoms with Crippen LogP contribution in [0, 0.1) is 18.3 Å². The quantitative estimate of drug-likeness (QED) is 0.817. The van der Waals surface area contributed by atoms with Crippen molar-refractivity contribution in [2.24, 2.45) is 0 Å². The van der Waals surface area contributed by atoms with Gasteiger partial charge in [-0.25, -0.2) is 9.78 Å². The van der Waals surface area contributed by atoms with E-state index in [1.54, 1.807) is 27.7 Å². The van der Waals surface area contributed by atoms with Crippen molar-refractivity contribution in [3.05, 3.63) is 10.6 Å². The average Bonchev–Trinajstić information content (AvgIpc) is 2.42. The summed E-state index contributed by atoms with van der Waals surface area (Å²) in [7, 11) is 0. The molecule has 1 heterocycles. The molecular weight excluding hydrogens is 226 g/mol. The molecule has 0 atom stereocenters. The van der Waals surface area contributed by atoms with Gasteiger partial charge in [-0.3, -0.25) is 5.32 Å². The number of aryl methyl sites for hydroxylation is 1. The van der Waals surface area contributed by atoms with Crippen molar-refractivity contribution >= 4 is 22.6 Å². The first-order valence-corrected chi connectivity index (χ1v) is 5.51. The number of ether oxygens (including phenoxy) is 1. The Bertz CT molecular complexity index is 440. The number of hydrogen-bond donors (Lipinski definition) is 1. The monoisotopic (exact) mass is 239 g/mol. The number of carbonyl (C=O) groups excluding carboxylic acids is 1. The van der Waals surface area contributed by atoms with Gasteiger partial charge in [0.2, 0.25) is 0 Å². The van der Waals surface area contributed by atoms with Gasteiger partial charge in [-0.05, 0) is 27.7 Å². The second-order valence-corrected chi connectivity index (χ2v) is 5.37. The van der Waals surface area contributed by atoms with Gasteiger partial charge < -0.3 is 4.74 Å². The smallest absolute Gasteiger partial charge is 0.413 e. The highest BCUT2D eigenvalue weighted by molar-refractivity contribution is 7.15. The van der Waals surface area contributed by atoms with Crippen molar-refractivity contribution < 1.29 is 9.53 Å². The van der Waals surface area contributed by atoms with Crippen LogP contribution in [0.4, 0.5) is 9.93 Å². The van der Waals surface area contributed by atoms with Gasteiger partial charge in [0.25, 0.3) is 0 Å². The van der Waals surface area contributed by atoms with Crippen LogP contribution in [0.25, 0.3) is 0 Å². The van der Waals surface area contributed by atoms with E-state index < -0.39 is 11.7 Å². The van der Waals surface area contributed by atoms with E-state index in [1.807, 2.05) is 6.07 Å². The first kappa shape index (κ1) is 12.5. The predicted octanol–water partition coefficient (Wildman–Crippen LogP) is 2.67. The average molecular weight is 239 g/mol. The van der Waals surface area contributed by atoms with E-state index in [0.717, 1.165) is 4.88 Å². The lowest BCUT2D eigenvalue weighted by Gasteiger charge is -2.18. The summed E-state index contributed by atoms with van der Waals surface area (Å²) >= 11 is 1.25. The van der Waals surface area contributed by atoms with Crippen LogP contribution in [0.5, 0.6) is 0 Å². The number of rotatable bonds is 1. The summed E-state index contributed by atoms with van der Waals surface area (Å²) in [6.45, 7) is 7.11. The van der Waals surface area contributed by atoms with Gasteiger partial charge in [0.15, 0.2) is 10.8 Å². The topological polar surface area (TPSA) is 75.0 Å². The van der Waals surface area contributed by atoms with Crippen molar-refractivity contribution in [2.75, 3.05) is 5.32 Å². The Labute approximate surface area is 98.1 Å². The molecule has 1 aromatic heterocycles. The molecule has 0 spiro atoms. The fourth-order valence-electron chi connectivity index (χ4n) is 0.945. The first-order valence-electron chi connectivity index (χ1n) is 4.69. The van der Waals surface area contributed by atoms with Gasteiger partial charge in [0, 0.05) is 4.88 Å². The summed E-state index contributed by atoms with van der Waals surface area (Å²) in [5.41, 5.74) is -0.217. The molecule has 0 unspecified atom stereocenters. The van der Waals surface area contributed by atoms with E-state index in [9.17, 15) is 4.79 Å². The summed E-state index contributed by atoms with van der Waals surface area (Å²) in [5.74, 6) is 0. The predicted molar refractivity (Wildman–Crippen MR) is 61.4 cm³/mol. The number of amides is 1. The van der Waals surface area contributed by atoms with Crippen LogP contribution in [0.3, 0.4) is 0 Å². The fraction of sp³-hybridized carbons (Fsp3) is 0.500. The molecule has 86 valence electrons. The molecule has 6 heteroatoms. The standard InChI is InChI=1S/C10H13N3O2S/c1-6-7(5-11)12-8(16-6)13-9(14)15-10(2,3)4/h1-4H3,(H,12,13,14). The van der Waals surface area contributed by atoms with Crippen LogP contribution in [-0.4, -0.2) is 16.7 Å². The number of anilines is 1. The maximum absolute atomic E-state index is 11.4. The van der Waals surface area contributed by atoms with E-state index in [0.29, 0.717) is 10.8 Å². The van der Waals surface area contributed by atoms with Crippen LogP contribution in [0.2, 0.25) is 0 Å². The van der Waals surface area contributed by atoms with E-state index in [4.69, 9.17) is 10.00 Å². The van der Waals surface area contributed by atoms with Gasteiger partial charge in [-0.2, -0.15) is 5.26 Å². The van der Waals surface area contributed by atoms with Crippen molar-refractivity contribution in [3.8, 4) is 6.07 Å². The number of nitriles is 1. The highest BCUT2D eigenvalue weighted by atomic mass is 32.1. The summed E-state index contributed by atoms with van der Waals surface area (Å²) in [5, 5.41) is 11.6. The highest BCUT2D eigenvalue weighted by Gasteiger charge is 2.17. The van der Waals surface area contributed by atoms with Gasteiger partial charge in [0.05, 0.1) is 0 Å². The molecule has 0 bridgehead atoms. The van der Waals surface area contributed by atoms with Crippen molar-refractivity contribution in [1.29, 1.82) is 5.26 Å². The Hall–Kier alpha value is -1.61. The van der Waals surface area contributed by atoms with E-state index in [-0.39, 0.29) is 0 Å². The second kappa shape index (κ2) is 4.49. The molecular formula is C10H13N3O2S. The van der Waals surface area contributed by atoms with E-state index in [1.165, 1.54) is 11.3 Å². The summed E-state index contributed by atoms with van der Waals surface area (Å²) in [6.07, 6.45) is -0.564. The Balaban J connectivity index is 2.68. The summed E-state index contributed by atoms with van der Waals surface area (Å²) in [4.78, 5) is 16.1. The van der Waals surface area contributed by atoms with E-state index in [2.05, 4.69) is 10.3 Å². The lowest BCUT2D eigenvalue weighted by molar-refractivity contribution is 0.0636. The third kappa shape index (κ3) is 3.51. The lowest BCUT2D eigenvalue weighted by Crippen LogP contribution is -2.27. The second-order valence-electron chi connectivity index (χ2n) is 4.16. The number of carbonyl (C=O) groups is 1. The molecule has 0 radical (unpaired) electrons. The van der Waals surface area contributed by atoms with Crippen molar-refractivity contribution in [3.63, 3.8) is 0 Å². The molecule has 0 aliphatic rings. The van der Waals surface area contributed by atoms with Crippen LogP contribution in [-0.2, 0) is 4.74 Å². The molecule has 16 heavy (non-hydrogen) atoms. The molecule has 0 aromatic carbocycles. The maximum atomic E-state index is 11.4. The maximum Gasteiger partial charge on any atom is 0.413 e. The molecule has 1 N–H and O–H groups in total. The Kier molecular flexibility index (Phi) is 3.50. The molecule has 0 saturated carbocycles. The fourth-order valence-corrected chi connectivity index (χ4v) is 1.69. The van der Waals surface area contributed by atoms with Crippen molar-refractivity contribution in [1.82, 2.24) is 4.98 Å². The van der Waals surface area contributed by atoms with Gasteiger partial charge in [-0.1, -0.05) is 0 Å². The molecule has 5 nitrogen and oxygen atoms in total. The van der Waals surface area contributed by atoms with Gasteiger partial charge >= 0.3 is 6.09 Å². The number of thiazole rings is 1. The van der Waals surface area contributed by atoms with Gasteiger partial charge in [-0.15, -0.1) is 11.3 Å². The molecule has 0 aliphatic carbocycles. The summed E-state index contributed by atoms with van der Waals surface area (Å²) < 4.78 is 5.06. The molecule has 1 rings (SSSR count). The normalized spacial score (nSPS) is 10.7. The molecule has 0 fully saturated rings. The Morgan fingerprint density at radius 1 is 1.56 bits per heavy atom. The number of hydrogen-bond acceptors (Lipinski definition) is 5. The largest absolute Gasteiger partial charge is 0.444 e. The number of nitrogens with one attached hydrogen (secondary N) is 1. The number of aromatic nitrogens is 1. The first-order chi connectivity index (χ1) is 7.31.